The Hall–Kier alpha value is 0.0969. The zero-order valence-corrected chi connectivity index (χ0v) is 12.4. The summed E-state index contributed by atoms with van der Waals surface area (Å²) in [4.78, 5) is 0. The van der Waals surface area contributed by atoms with E-state index in [1.165, 1.54) is 0 Å². The summed E-state index contributed by atoms with van der Waals surface area (Å²) in [5.74, 6) is 0. The molecule has 0 aliphatic carbocycles. The van der Waals surface area contributed by atoms with Crippen LogP contribution in [-0.4, -0.2) is 27.1 Å². The van der Waals surface area contributed by atoms with Crippen molar-refractivity contribution in [2.75, 3.05) is 18.5 Å². The van der Waals surface area contributed by atoms with E-state index in [4.69, 9.17) is 8.85 Å². The molecule has 0 rings (SSSR count). The van der Waals surface area contributed by atoms with Gasteiger partial charge >= 0.3 is 8.56 Å². The maximum absolute atomic E-state index is 5.82. The highest BCUT2D eigenvalue weighted by Gasteiger charge is 2.29. The summed E-state index contributed by atoms with van der Waals surface area (Å²) >= 11 is 3.44. The minimum absolute atomic E-state index is 0.655. The summed E-state index contributed by atoms with van der Waals surface area (Å²) in [5.41, 5.74) is 0. The third-order valence-electron chi connectivity index (χ3n) is 1.99. The minimum atomic E-state index is -1.97. The van der Waals surface area contributed by atoms with Crippen LogP contribution in [0.2, 0.25) is 12.6 Å². The first-order valence-electron chi connectivity index (χ1n) is 5.24. The van der Waals surface area contributed by atoms with E-state index in [0.29, 0.717) is 13.2 Å². The summed E-state index contributed by atoms with van der Waals surface area (Å²) in [6.07, 6.45) is 8.01. The molecule has 0 saturated heterocycles. The van der Waals surface area contributed by atoms with Gasteiger partial charge in [0.05, 0.1) is 13.2 Å². The van der Waals surface area contributed by atoms with Gasteiger partial charge in [-0.2, -0.15) is 0 Å². The van der Waals surface area contributed by atoms with Crippen molar-refractivity contribution < 1.29 is 8.85 Å². The van der Waals surface area contributed by atoms with Gasteiger partial charge in [0.2, 0.25) is 0 Å². The first kappa shape index (κ1) is 15.1. The van der Waals surface area contributed by atoms with Crippen LogP contribution in [0.5, 0.6) is 0 Å². The van der Waals surface area contributed by atoms with Crippen LogP contribution in [0.4, 0.5) is 0 Å². The Morgan fingerprint density at radius 2 is 1.53 bits per heavy atom. The van der Waals surface area contributed by atoms with E-state index in [9.17, 15) is 0 Å². The first-order valence-corrected chi connectivity index (χ1v) is 8.89. The Kier molecular flexibility index (Phi) is 9.39. The molecular weight excluding hydrogens is 272 g/mol. The van der Waals surface area contributed by atoms with Gasteiger partial charge in [0, 0.05) is 11.4 Å². The summed E-state index contributed by atoms with van der Waals surface area (Å²) in [7, 11) is -1.97. The Morgan fingerprint density at radius 1 is 1.07 bits per heavy atom. The molecule has 4 heteroatoms. The molecule has 0 aliphatic heterocycles. The second-order valence-electron chi connectivity index (χ2n) is 3.33. The maximum Gasteiger partial charge on any atom is 0.336 e. The number of halogens is 1. The predicted octanol–water partition coefficient (Wildman–Crippen LogP) is 3.64. The van der Waals surface area contributed by atoms with Crippen molar-refractivity contribution in [3.8, 4) is 0 Å². The lowest BCUT2D eigenvalue weighted by Gasteiger charge is -2.25. The van der Waals surface area contributed by atoms with E-state index in [1.807, 2.05) is 38.2 Å². The van der Waals surface area contributed by atoms with Gasteiger partial charge in [-0.1, -0.05) is 40.2 Å². The Balaban J connectivity index is 4.04. The average Bonchev–Trinajstić information content (AvgIpc) is 2.19. The Morgan fingerprint density at radius 3 is 1.87 bits per heavy atom. The average molecular weight is 293 g/mol. The highest BCUT2D eigenvalue weighted by atomic mass is 79.9. The zero-order chi connectivity index (χ0) is 11.6. The molecule has 0 radical (unpaired) electrons. The molecule has 0 N–H and O–H groups in total. The SMILES string of the molecule is CC=CCO[Si](C)(CCBr)OCC=CC. The molecule has 0 heterocycles. The molecule has 0 aliphatic rings. The molecular formula is C11H21BrO2Si. The standard InChI is InChI=1S/C11H21BrO2Si/c1-4-6-9-13-15(3,11-8-12)14-10-7-5-2/h4-7H,8-11H2,1-3H3. The lowest BCUT2D eigenvalue weighted by atomic mass is 10.6. The topological polar surface area (TPSA) is 18.5 Å². The van der Waals surface area contributed by atoms with E-state index < -0.39 is 8.56 Å². The van der Waals surface area contributed by atoms with Gasteiger partial charge in [-0.15, -0.1) is 0 Å². The molecule has 2 nitrogen and oxygen atoms in total. The van der Waals surface area contributed by atoms with Crippen LogP contribution < -0.4 is 0 Å². The van der Waals surface area contributed by atoms with E-state index in [-0.39, 0.29) is 0 Å². The van der Waals surface area contributed by atoms with Gasteiger partial charge in [-0.25, -0.2) is 0 Å². The fourth-order valence-corrected chi connectivity index (χ4v) is 4.77. The van der Waals surface area contributed by atoms with Crippen molar-refractivity contribution in [2.24, 2.45) is 0 Å². The van der Waals surface area contributed by atoms with Gasteiger partial charge < -0.3 is 8.85 Å². The van der Waals surface area contributed by atoms with Crippen molar-refractivity contribution in [2.45, 2.75) is 26.4 Å². The van der Waals surface area contributed by atoms with Crippen LogP contribution in [0.3, 0.4) is 0 Å². The third kappa shape index (κ3) is 7.96. The number of allylic oxidation sites excluding steroid dienone is 2. The molecule has 0 saturated carbocycles. The maximum atomic E-state index is 5.82. The van der Waals surface area contributed by atoms with Crippen molar-refractivity contribution >= 4 is 24.5 Å². The molecule has 0 bridgehead atoms. The molecule has 0 spiro atoms. The first-order chi connectivity index (χ1) is 7.18. The number of alkyl halides is 1. The molecule has 0 unspecified atom stereocenters. The third-order valence-corrected chi connectivity index (χ3v) is 5.83. The lowest BCUT2D eigenvalue weighted by Crippen LogP contribution is -2.39. The lowest BCUT2D eigenvalue weighted by molar-refractivity contribution is 0.208. The normalized spacial score (nSPS) is 16.3. The smallest absolute Gasteiger partial charge is 0.336 e. The van der Waals surface area contributed by atoms with E-state index >= 15 is 0 Å². The second kappa shape index (κ2) is 9.33. The van der Waals surface area contributed by atoms with Gasteiger partial charge in [-0.05, 0) is 20.4 Å². The van der Waals surface area contributed by atoms with Gasteiger partial charge in [-0.3, -0.25) is 0 Å². The van der Waals surface area contributed by atoms with Crippen molar-refractivity contribution in [1.29, 1.82) is 0 Å². The highest BCUT2D eigenvalue weighted by Crippen LogP contribution is 2.15. The van der Waals surface area contributed by atoms with Crippen molar-refractivity contribution in [3.63, 3.8) is 0 Å². The predicted molar refractivity (Wildman–Crippen MR) is 71.8 cm³/mol. The van der Waals surface area contributed by atoms with Crippen LogP contribution in [0.1, 0.15) is 13.8 Å². The summed E-state index contributed by atoms with van der Waals surface area (Å²) < 4.78 is 11.6. The molecule has 0 atom stereocenters. The summed E-state index contributed by atoms with van der Waals surface area (Å²) in [6.45, 7) is 7.41. The summed E-state index contributed by atoms with van der Waals surface area (Å²) in [6, 6.07) is 0.974. The fourth-order valence-electron chi connectivity index (χ4n) is 0.999. The van der Waals surface area contributed by atoms with Gasteiger partial charge in [0.1, 0.15) is 0 Å². The fraction of sp³-hybridized carbons (Fsp3) is 0.636. The largest absolute Gasteiger partial charge is 0.390 e. The van der Waals surface area contributed by atoms with E-state index in [1.54, 1.807) is 0 Å². The van der Waals surface area contributed by atoms with E-state index in [0.717, 1.165) is 11.4 Å². The van der Waals surface area contributed by atoms with Crippen LogP contribution in [0.15, 0.2) is 24.3 Å². The molecule has 15 heavy (non-hydrogen) atoms. The minimum Gasteiger partial charge on any atom is -0.390 e. The van der Waals surface area contributed by atoms with Crippen LogP contribution >= 0.6 is 15.9 Å². The highest BCUT2D eigenvalue weighted by molar-refractivity contribution is 9.09. The number of rotatable bonds is 8. The molecule has 0 aromatic rings. The van der Waals surface area contributed by atoms with Crippen LogP contribution in [0.25, 0.3) is 0 Å². The zero-order valence-electron chi connectivity index (χ0n) is 9.83. The Bertz CT molecular complexity index is 189. The van der Waals surface area contributed by atoms with Crippen molar-refractivity contribution in [1.82, 2.24) is 0 Å². The van der Waals surface area contributed by atoms with Gasteiger partial charge in [0.15, 0.2) is 0 Å². The second-order valence-corrected chi connectivity index (χ2v) is 7.47. The van der Waals surface area contributed by atoms with Crippen molar-refractivity contribution in [3.05, 3.63) is 24.3 Å². The molecule has 0 aromatic carbocycles. The van der Waals surface area contributed by atoms with Crippen LogP contribution in [0, 0.1) is 0 Å². The monoisotopic (exact) mass is 292 g/mol. The molecule has 0 fully saturated rings. The molecule has 88 valence electrons. The van der Waals surface area contributed by atoms with E-state index in [2.05, 4.69) is 22.5 Å². The molecule has 0 amide bonds. The van der Waals surface area contributed by atoms with Gasteiger partial charge in [0.25, 0.3) is 0 Å². The quantitative estimate of drug-likeness (QED) is 0.386. The molecule has 0 aromatic heterocycles. The summed E-state index contributed by atoms with van der Waals surface area (Å²) in [5, 5.41) is 0.932. The number of hydrogen-bond donors (Lipinski definition) is 0. The Labute approximate surface area is 103 Å². The van der Waals surface area contributed by atoms with Crippen LogP contribution in [-0.2, 0) is 8.85 Å². The number of hydrogen-bond acceptors (Lipinski definition) is 2.